The van der Waals surface area contributed by atoms with E-state index >= 15 is 0 Å². The van der Waals surface area contributed by atoms with Crippen LogP contribution in [0.1, 0.15) is 30.9 Å². The molecule has 0 aliphatic heterocycles. The third-order valence-electron chi connectivity index (χ3n) is 4.15. The second-order valence-electron chi connectivity index (χ2n) is 6.49. The average molecular weight is 351 g/mol. The van der Waals surface area contributed by atoms with Gasteiger partial charge in [-0.15, -0.1) is 0 Å². The number of amides is 1. The summed E-state index contributed by atoms with van der Waals surface area (Å²) in [5.41, 5.74) is 2.74. The van der Waals surface area contributed by atoms with Gasteiger partial charge in [-0.05, 0) is 42.2 Å². The maximum Gasteiger partial charge on any atom is 0.336 e. The summed E-state index contributed by atoms with van der Waals surface area (Å²) in [7, 11) is 0. The van der Waals surface area contributed by atoms with Gasteiger partial charge in [0, 0.05) is 23.2 Å². The van der Waals surface area contributed by atoms with Gasteiger partial charge in [-0.3, -0.25) is 4.79 Å². The number of hydrogen-bond acceptors (Lipinski definition) is 4. The maximum absolute atomic E-state index is 12.2. The molecule has 0 spiro atoms. The zero-order valence-electron chi connectivity index (χ0n) is 15.0. The number of carbonyl (C=O) groups is 1. The summed E-state index contributed by atoms with van der Waals surface area (Å²) in [5.74, 6) is 0.529. The number of carbonyl (C=O) groups excluding carboxylic acids is 1. The van der Waals surface area contributed by atoms with Crippen molar-refractivity contribution in [3.05, 3.63) is 70.1 Å². The molecule has 1 heterocycles. The van der Waals surface area contributed by atoms with Gasteiger partial charge in [0.25, 0.3) is 5.91 Å². The van der Waals surface area contributed by atoms with Gasteiger partial charge in [0.05, 0.1) is 0 Å². The fourth-order valence-corrected chi connectivity index (χ4v) is 2.84. The summed E-state index contributed by atoms with van der Waals surface area (Å²) >= 11 is 0. The molecule has 3 rings (SSSR count). The minimum atomic E-state index is -0.407. The number of anilines is 1. The largest absolute Gasteiger partial charge is 0.484 e. The van der Waals surface area contributed by atoms with Gasteiger partial charge in [0.1, 0.15) is 11.3 Å². The normalized spacial score (nSPS) is 10.9. The van der Waals surface area contributed by atoms with E-state index in [1.165, 1.54) is 6.07 Å². The maximum atomic E-state index is 12.2. The van der Waals surface area contributed by atoms with E-state index in [2.05, 4.69) is 19.2 Å². The molecule has 3 aromatic rings. The number of aryl methyl sites for hydroxylation is 1. The van der Waals surface area contributed by atoms with Crippen LogP contribution in [-0.4, -0.2) is 12.5 Å². The first kappa shape index (κ1) is 17.7. The van der Waals surface area contributed by atoms with E-state index in [0.29, 0.717) is 17.3 Å². The third kappa shape index (κ3) is 3.94. The van der Waals surface area contributed by atoms with Crippen LogP contribution in [0.3, 0.4) is 0 Å². The zero-order chi connectivity index (χ0) is 18.7. The lowest BCUT2D eigenvalue weighted by Crippen LogP contribution is -2.21. The highest BCUT2D eigenvalue weighted by Gasteiger charge is 2.10. The number of ether oxygens (including phenoxy) is 1. The summed E-state index contributed by atoms with van der Waals surface area (Å²) in [6.45, 7) is 5.87. The molecule has 0 fully saturated rings. The Bertz CT molecular complexity index is 1000. The first-order valence-corrected chi connectivity index (χ1v) is 8.50. The van der Waals surface area contributed by atoms with Crippen molar-refractivity contribution in [3.63, 3.8) is 0 Å². The van der Waals surface area contributed by atoms with E-state index in [-0.39, 0.29) is 12.5 Å². The Morgan fingerprint density at radius 3 is 2.69 bits per heavy atom. The van der Waals surface area contributed by atoms with Crippen molar-refractivity contribution in [3.8, 4) is 5.75 Å². The summed E-state index contributed by atoms with van der Waals surface area (Å²) in [6, 6.07) is 14.3. The van der Waals surface area contributed by atoms with Crippen LogP contribution in [0.4, 0.5) is 5.69 Å². The van der Waals surface area contributed by atoms with Gasteiger partial charge >= 0.3 is 5.63 Å². The molecule has 1 amide bonds. The first-order valence-electron chi connectivity index (χ1n) is 8.50. The molecule has 0 saturated heterocycles. The number of nitrogens with one attached hydrogen (secondary N) is 1. The Morgan fingerprint density at radius 1 is 1.15 bits per heavy atom. The van der Waals surface area contributed by atoms with Crippen molar-refractivity contribution < 1.29 is 13.9 Å². The van der Waals surface area contributed by atoms with Crippen molar-refractivity contribution in [2.75, 3.05) is 11.9 Å². The molecule has 0 bridgehead atoms. The van der Waals surface area contributed by atoms with Crippen LogP contribution < -0.4 is 15.7 Å². The Morgan fingerprint density at radius 2 is 1.92 bits per heavy atom. The second-order valence-corrected chi connectivity index (χ2v) is 6.49. The van der Waals surface area contributed by atoms with Crippen LogP contribution in [0.15, 0.2) is 57.7 Å². The number of para-hydroxylation sites is 1. The van der Waals surface area contributed by atoms with E-state index in [1.807, 2.05) is 37.3 Å². The predicted octanol–water partition coefficient (Wildman–Crippen LogP) is 4.24. The van der Waals surface area contributed by atoms with Crippen molar-refractivity contribution >= 4 is 22.6 Å². The highest BCUT2D eigenvalue weighted by atomic mass is 16.5. The summed E-state index contributed by atoms with van der Waals surface area (Å²) < 4.78 is 10.7. The van der Waals surface area contributed by atoms with Crippen LogP contribution in [0, 0.1) is 6.92 Å². The molecule has 0 atom stereocenters. The SMILES string of the molecule is Cc1cc(=O)oc2cc(OCC(=O)Nc3ccccc3C(C)C)ccc12. The van der Waals surface area contributed by atoms with Gasteiger partial charge in [-0.25, -0.2) is 4.79 Å². The summed E-state index contributed by atoms with van der Waals surface area (Å²) in [4.78, 5) is 23.7. The second kappa shape index (κ2) is 7.44. The standard InChI is InChI=1S/C21H21NO4/c1-13(2)16-6-4-5-7-18(16)22-20(23)12-25-15-8-9-17-14(3)10-21(24)26-19(17)11-15/h4-11,13H,12H2,1-3H3,(H,22,23). The van der Waals surface area contributed by atoms with Crippen LogP contribution in [0.5, 0.6) is 5.75 Å². The first-order chi connectivity index (χ1) is 12.4. The molecule has 2 aromatic carbocycles. The lowest BCUT2D eigenvalue weighted by Gasteiger charge is -2.14. The third-order valence-corrected chi connectivity index (χ3v) is 4.15. The van der Waals surface area contributed by atoms with Crippen LogP contribution in [-0.2, 0) is 4.79 Å². The summed E-state index contributed by atoms with van der Waals surface area (Å²) in [5, 5.41) is 3.72. The van der Waals surface area contributed by atoms with Crippen molar-refractivity contribution in [2.24, 2.45) is 0 Å². The van der Waals surface area contributed by atoms with Crippen molar-refractivity contribution in [1.29, 1.82) is 0 Å². The average Bonchev–Trinajstić information content (AvgIpc) is 2.59. The molecule has 0 unspecified atom stereocenters. The minimum Gasteiger partial charge on any atom is -0.484 e. The lowest BCUT2D eigenvalue weighted by atomic mass is 10.0. The monoisotopic (exact) mass is 351 g/mol. The molecular weight excluding hydrogens is 330 g/mol. The lowest BCUT2D eigenvalue weighted by molar-refractivity contribution is -0.118. The van der Waals surface area contributed by atoms with E-state index in [9.17, 15) is 9.59 Å². The number of rotatable bonds is 5. The Hall–Kier alpha value is -3.08. The highest BCUT2D eigenvalue weighted by molar-refractivity contribution is 5.92. The molecule has 0 aliphatic rings. The highest BCUT2D eigenvalue weighted by Crippen LogP contribution is 2.24. The fourth-order valence-electron chi connectivity index (χ4n) is 2.84. The summed E-state index contributed by atoms with van der Waals surface area (Å²) in [6.07, 6.45) is 0. The van der Waals surface area contributed by atoms with E-state index in [0.717, 1.165) is 22.2 Å². The van der Waals surface area contributed by atoms with Gasteiger partial charge in [-0.2, -0.15) is 0 Å². The molecule has 1 aromatic heterocycles. The Kier molecular flexibility index (Phi) is 5.07. The Balaban J connectivity index is 1.70. The van der Waals surface area contributed by atoms with E-state index in [4.69, 9.17) is 9.15 Å². The van der Waals surface area contributed by atoms with Crippen molar-refractivity contribution in [2.45, 2.75) is 26.7 Å². The number of hydrogen-bond donors (Lipinski definition) is 1. The quantitative estimate of drug-likeness (QED) is 0.698. The van der Waals surface area contributed by atoms with E-state index < -0.39 is 5.63 Å². The topological polar surface area (TPSA) is 68.5 Å². The number of benzene rings is 2. The molecule has 0 saturated carbocycles. The van der Waals surface area contributed by atoms with Crippen LogP contribution in [0.2, 0.25) is 0 Å². The van der Waals surface area contributed by atoms with Gasteiger partial charge in [0.2, 0.25) is 0 Å². The molecule has 5 nitrogen and oxygen atoms in total. The molecule has 5 heteroatoms. The van der Waals surface area contributed by atoms with Gasteiger partial charge in [-0.1, -0.05) is 32.0 Å². The molecule has 0 aliphatic carbocycles. The number of fused-ring (bicyclic) bond motifs is 1. The zero-order valence-corrected chi connectivity index (χ0v) is 15.0. The van der Waals surface area contributed by atoms with Gasteiger partial charge in [0.15, 0.2) is 6.61 Å². The minimum absolute atomic E-state index is 0.131. The van der Waals surface area contributed by atoms with Gasteiger partial charge < -0.3 is 14.5 Å². The molecule has 0 radical (unpaired) electrons. The van der Waals surface area contributed by atoms with Crippen LogP contribution >= 0.6 is 0 Å². The van der Waals surface area contributed by atoms with Crippen LogP contribution in [0.25, 0.3) is 11.0 Å². The smallest absolute Gasteiger partial charge is 0.336 e. The van der Waals surface area contributed by atoms with Crippen molar-refractivity contribution in [1.82, 2.24) is 0 Å². The fraction of sp³-hybridized carbons (Fsp3) is 0.238. The molecule has 26 heavy (non-hydrogen) atoms. The predicted molar refractivity (Wildman–Crippen MR) is 102 cm³/mol. The Labute approximate surface area is 151 Å². The molecular formula is C21H21NO4. The molecule has 1 N–H and O–H groups in total. The van der Waals surface area contributed by atoms with E-state index in [1.54, 1.807) is 12.1 Å². The molecule has 134 valence electrons.